The Morgan fingerprint density at radius 2 is 2.27 bits per heavy atom. The Balaban J connectivity index is 2.19. The Bertz CT molecular complexity index is 140. The van der Waals surface area contributed by atoms with E-state index in [1.807, 2.05) is 14.0 Å². The molecule has 1 aliphatic carbocycles. The number of hydrogen-bond acceptors (Lipinski definition) is 2. The van der Waals surface area contributed by atoms with Crippen molar-refractivity contribution in [2.24, 2.45) is 5.92 Å². The van der Waals surface area contributed by atoms with Crippen molar-refractivity contribution in [1.29, 1.82) is 0 Å². The summed E-state index contributed by atoms with van der Waals surface area (Å²) >= 11 is 0. The van der Waals surface area contributed by atoms with E-state index in [0.717, 1.165) is 6.42 Å². The van der Waals surface area contributed by atoms with Gasteiger partial charge in [0.2, 0.25) is 0 Å². The lowest BCUT2D eigenvalue weighted by Crippen LogP contribution is -2.33. The number of hydrogen-bond donors (Lipinski definition) is 1. The highest BCUT2D eigenvalue weighted by atomic mass is 16.1. The second-order valence-electron chi connectivity index (χ2n) is 3.48. The third-order valence-electron chi connectivity index (χ3n) is 2.63. The van der Waals surface area contributed by atoms with Gasteiger partial charge in [0.1, 0.15) is 5.78 Å². The van der Waals surface area contributed by atoms with Crippen LogP contribution in [-0.4, -0.2) is 18.9 Å². The van der Waals surface area contributed by atoms with E-state index in [1.165, 1.54) is 19.3 Å². The molecule has 0 unspecified atom stereocenters. The van der Waals surface area contributed by atoms with Crippen LogP contribution in [0.4, 0.5) is 0 Å². The SMILES string of the molecule is CN[C@@H](C)C(=O)CC1CCC1. The lowest BCUT2D eigenvalue weighted by molar-refractivity contribution is -0.122. The average molecular weight is 155 g/mol. The Labute approximate surface area is 68.4 Å². The van der Waals surface area contributed by atoms with Crippen LogP contribution in [0.2, 0.25) is 0 Å². The van der Waals surface area contributed by atoms with E-state index in [-0.39, 0.29) is 6.04 Å². The molecule has 1 saturated carbocycles. The Hall–Kier alpha value is -0.370. The quantitative estimate of drug-likeness (QED) is 0.664. The molecule has 1 atom stereocenters. The Kier molecular flexibility index (Phi) is 3.06. The van der Waals surface area contributed by atoms with E-state index in [4.69, 9.17) is 0 Å². The summed E-state index contributed by atoms with van der Waals surface area (Å²) in [6, 6.07) is 0.0515. The molecule has 1 rings (SSSR count). The van der Waals surface area contributed by atoms with Gasteiger partial charge in [-0.2, -0.15) is 0 Å². The fourth-order valence-electron chi connectivity index (χ4n) is 1.32. The standard InChI is InChI=1S/C9H17NO/c1-7(10-2)9(11)6-8-4-3-5-8/h7-8,10H,3-6H2,1-2H3/t7-/m0/s1. The number of carbonyl (C=O) groups is 1. The van der Waals surface area contributed by atoms with E-state index in [9.17, 15) is 4.79 Å². The maximum Gasteiger partial charge on any atom is 0.149 e. The van der Waals surface area contributed by atoms with Crippen LogP contribution in [0.15, 0.2) is 0 Å². The van der Waals surface area contributed by atoms with Gasteiger partial charge in [0.25, 0.3) is 0 Å². The fraction of sp³-hybridized carbons (Fsp3) is 0.889. The maximum absolute atomic E-state index is 11.3. The number of rotatable bonds is 4. The molecule has 0 bridgehead atoms. The number of Topliss-reactive ketones (excluding diaryl/α,β-unsaturated/α-hetero) is 1. The molecule has 1 fully saturated rings. The molecule has 2 heteroatoms. The summed E-state index contributed by atoms with van der Waals surface area (Å²) < 4.78 is 0. The molecule has 64 valence electrons. The van der Waals surface area contributed by atoms with Gasteiger partial charge in [-0.25, -0.2) is 0 Å². The van der Waals surface area contributed by atoms with Crippen molar-refractivity contribution < 1.29 is 4.79 Å². The Morgan fingerprint density at radius 3 is 2.64 bits per heavy atom. The van der Waals surface area contributed by atoms with Crippen LogP contribution in [-0.2, 0) is 4.79 Å². The smallest absolute Gasteiger partial charge is 0.149 e. The van der Waals surface area contributed by atoms with Gasteiger partial charge in [-0.05, 0) is 19.9 Å². The second kappa shape index (κ2) is 3.86. The molecular weight excluding hydrogens is 138 g/mol. The van der Waals surface area contributed by atoms with E-state index in [1.54, 1.807) is 0 Å². The summed E-state index contributed by atoms with van der Waals surface area (Å²) in [5.74, 6) is 1.08. The molecule has 2 nitrogen and oxygen atoms in total. The molecule has 0 aromatic carbocycles. The zero-order chi connectivity index (χ0) is 8.27. The van der Waals surface area contributed by atoms with Gasteiger partial charge in [-0.3, -0.25) is 4.79 Å². The maximum atomic E-state index is 11.3. The summed E-state index contributed by atoms with van der Waals surface area (Å²) in [4.78, 5) is 11.3. The molecule has 1 N–H and O–H groups in total. The number of likely N-dealkylation sites (N-methyl/N-ethyl adjacent to an activating group) is 1. The predicted octanol–water partition coefficient (Wildman–Crippen LogP) is 1.35. The number of ketones is 1. The summed E-state index contributed by atoms with van der Waals surface area (Å²) in [5, 5.41) is 2.97. The summed E-state index contributed by atoms with van der Waals surface area (Å²) in [7, 11) is 1.84. The average Bonchev–Trinajstić information content (AvgIpc) is 1.94. The van der Waals surface area contributed by atoms with E-state index in [2.05, 4.69) is 5.32 Å². The first kappa shape index (κ1) is 8.72. The largest absolute Gasteiger partial charge is 0.311 e. The highest BCUT2D eigenvalue weighted by Gasteiger charge is 2.22. The first-order valence-corrected chi connectivity index (χ1v) is 4.44. The van der Waals surface area contributed by atoms with Crippen molar-refractivity contribution in [1.82, 2.24) is 5.32 Å². The van der Waals surface area contributed by atoms with Crippen molar-refractivity contribution in [3.8, 4) is 0 Å². The monoisotopic (exact) mass is 155 g/mol. The van der Waals surface area contributed by atoms with Crippen LogP contribution >= 0.6 is 0 Å². The van der Waals surface area contributed by atoms with Gasteiger partial charge in [0.05, 0.1) is 6.04 Å². The molecule has 0 aromatic rings. The summed E-state index contributed by atoms with van der Waals surface area (Å²) in [6.07, 6.45) is 4.65. The third kappa shape index (κ3) is 2.29. The molecule has 0 heterocycles. The molecule has 0 amide bonds. The van der Waals surface area contributed by atoms with Crippen molar-refractivity contribution in [2.75, 3.05) is 7.05 Å². The van der Waals surface area contributed by atoms with Gasteiger partial charge in [-0.15, -0.1) is 0 Å². The second-order valence-corrected chi connectivity index (χ2v) is 3.48. The van der Waals surface area contributed by atoms with Gasteiger partial charge in [0.15, 0.2) is 0 Å². The van der Waals surface area contributed by atoms with Crippen LogP contribution in [0.5, 0.6) is 0 Å². The van der Waals surface area contributed by atoms with E-state index >= 15 is 0 Å². The van der Waals surface area contributed by atoms with Gasteiger partial charge < -0.3 is 5.32 Å². The van der Waals surface area contributed by atoms with Gasteiger partial charge >= 0.3 is 0 Å². The highest BCUT2D eigenvalue weighted by Crippen LogP contribution is 2.29. The molecular formula is C9H17NO. The zero-order valence-electron chi connectivity index (χ0n) is 7.39. The zero-order valence-corrected chi connectivity index (χ0v) is 7.39. The summed E-state index contributed by atoms with van der Waals surface area (Å²) in [5.41, 5.74) is 0. The van der Waals surface area contributed by atoms with Crippen molar-refractivity contribution >= 4 is 5.78 Å². The Morgan fingerprint density at radius 1 is 1.64 bits per heavy atom. The normalized spacial score (nSPS) is 20.9. The fourth-order valence-corrected chi connectivity index (χ4v) is 1.32. The van der Waals surface area contributed by atoms with Crippen LogP contribution < -0.4 is 5.32 Å². The lowest BCUT2D eigenvalue weighted by atomic mass is 9.81. The van der Waals surface area contributed by atoms with Crippen LogP contribution in [0, 0.1) is 5.92 Å². The molecule has 0 aromatic heterocycles. The third-order valence-corrected chi connectivity index (χ3v) is 2.63. The van der Waals surface area contributed by atoms with Crippen molar-refractivity contribution in [2.45, 2.75) is 38.6 Å². The molecule has 0 radical (unpaired) electrons. The molecule has 0 spiro atoms. The summed E-state index contributed by atoms with van der Waals surface area (Å²) in [6.45, 7) is 1.93. The first-order valence-electron chi connectivity index (χ1n) is 4.44. The first-order chi connectivity index (χ1) is 5.24. The van der Waals surface area contributed by atoms with Crippen molar-refractivity contribution in [3.63, 3.8) is 0 Å². The van der Waals surface area contributed by atoms with Crippen LogP contribution in [0.1, 0.15) is 32.6 Å². The van der Waals surface area contributed by atoms with Gasteiger partial charge in [0, 0.05) is 6.42 Å². The number of carbonyl (C=O) groups excluding carboxylic acids is 1. The minimum Gasteiger partial charge on any atom is -0.311 e. The van der Waals surface area contributed by atoms with E-state index in [0.29, 0.717) is 11.7 Å². The van der Waals surface area contributed by atoms with E-state index < -0.39 is 0 Å². The molecule has 1 aliphatic rings. The minimum absolute atomic E-state index is 0.0515. The van der Waals surface area contributed by atoms with Crippen LogP contribution in [0.3, 0.4) is 0 Å². The molecule has 0 aliphatic heterocycles. The number of nitrogens with one attached hydrogen (secondary N) is 1. The topological polar surface area (TPSA) is 29.1 Å². The predicted molar refractivity (Wildman–Crippen MR) is 45.5 cm³/mol. The van der Waals surface area contributed by atoms with Crippen molar-refractivity contribution in [3.05, 3.63) is 0 Å². The molecule has 11 heavy (non-hydrogen) atoms. The van der Waals surface area contributed by atoms with Crippen LogP contribution in [0.25, 0.3) is 0 Å². The highest BCUT2D eigenvalue weighted by molar-refractivity contribution is 5.83. The lowest BCUT2D eigenvalue weighted by Gasteiger charge is -2.25. The molecule has 0 saturated heterocycles. The van der Waals surface area contributed by atoms with Gasteiger partial charge in [-0.1, -0.05) is 19.3 Å². The minimum atomic E-state index is 0.0515.